The maximum atomic E-state index is 11.3. The fourth-order valence-electron chi connectivity index (χ4n) is 1.96. The Labute approximate surface area is 97.2 Å². The Hall–Kier alpha value is -1.85. The van der Waals surface area contributed by atoms with E-state index in [1.165, 1.54) is 12.1 Å². The van der Waals surface area contributed by atoms with Gasteiger partial charge in [0, 0.05) is 10.8 Å². The highest BCUT2D eigenvalue weighted by molar-refractivity contribution is 7.86. The molecule has 0 aliphatic carbocycles. The lowest BCUT2D eigenvalue weighted by atomic mass is 10.1. The van der Waals surface area contributed by atoms with Crippen molar-refractivity contribution in [3.8, 4) is 0 Å². The van der Waals surface area contributed by atoms with Crippen molar-refractivity contribution in [2.45, 2.75) is 4.90 Å². The van der Waals surface area contributed by atoms with Crippen LogP contribution >= 0.6 is 0 Å². The summed E-state index contributed by atoms with van der Waals surface area (Å²) in [6, 6.07) is 11.7. The van der Waals surface area contributed by atoms with Gasteiger partial charge in [-0.05, 0) is 18.2 Å². The van der Waals surface area contributed by atoms with Crippen LogP contribution in [0.3, 0.4) is 0 Å². The van der Waals surface area contributed by atoms with Gasteiger partial charge in [-0.2, -0.15) is 8.42 Å². The van der Waals surface area contributed by atoms with Crippen LogP contribution in [0.2, 0.25) is 0 Å². The van der Waals surface area contributed by atoms with Crippen LogP contribution in [0.25, 0.3) is 21.9 Å². The van der Waals surface area contributed by atoms with Crippen LogP contribution in [0.1, 0.15) is 0 Å². The third kappa shape index (κ3) is 1.51. The molecule has 1 heterocycles. The number of hydrogen-bond acceptors (Lipinski definition) is 3. The van der Waals surface area contributed by atoms with E-state index in [9.17, 15) is 13.0 Å². The Kier molecular flexibility index (Phi) is 2.01. The Bertz CT molecular complexity index is 815. The number of benzene rings is 2. The summed E-state index contributed by atoms with van der Waals surface area (Å²) in [6.07, 6.45) is 0. The quantitative estimate of drug-likeness (QED) is 0.672. The minimum Gasteiger partial charge on any atom is -0.456 e. The highest BCUT2D eigenvalue weighted by Gasteiger charge is 2.18. The maximum Gasteiger partial charge on any atom is 0.295 e. The van der Waals surface area contributed by atoms with Crippen molar-refractivity contribution < 1.29 is 17.4 Å². The predicted octanol–water partition coefficient (Wildman–Crippen LogP) is 2.83. The maximum absolute atomic E-state index is 11.3. The van der Waals surface area contributed by atoms with Crippen LogP contribution in [0.4, 0.5) is 0 Å². The minimum atomic E-state index is -4.25. The van der Waals surface area contributed by atoms with Gasteiger partial charge >= 0.3 is 0 Å². The van der Waals surface area contributed by atoms with E-state index in [0.29, 0.717) is 21.9 Å². The van der Waals surface area contributed by atoms with Gasteiger partial charge < -0.3 is 4.42 Å². The summed E-state index contributed by atoms with van der Waals surface area (Å²) in [5.41, 5.74) is 1.04. The first-order valence-corrected chi connectivity index (χ1v) is 6.39. The summed E-state index contributed by atoms with van der Waals surface area (Å²) in [4.78, 5) is -0.125. The highest BCUT2D eigenvalue weighted by Crippen LogP contribution is 2.32. The zero-order chi connectivity index (χ0) is 12.0. The summed E-state index contributed by atoms with van der Waals surface area (Å²) in [5, 5.41) is 1.10. The van der Waals surface area contributed by atoms with Crippen molar-refractivity contribution in [3.63, 3.8) is 0 Å². The molecule has 86 valence electrons. The summed E-state index contributed by atoms with van der Waals surface area (Å²) in [6.45, 7) is 0. The topological polar surface area (TPSA) is 67.5 Å². The Morgan fingerprint density at radius 2 is 1.65 bits per heavy atom. The zero-order valence-corrected chi connectivity index (χ0v) is 9.44. The van der Waals surface area contributed by atoms with E-state index in [4.69, 9.17) is 4.42 Å². The van der Waals surface area contributed by atoms with Gasteiger partial charge in [0.25, 0.3) is 10.1 Å². The van der Waals surface area contributed by atoms with Gasteiger partial charge in [0.15, 0.2) is 0 Å². The molecule has 0 atom stereocenters. The Balaban J connectivity index is 2.61. The van der Waals surface area contributed by atoms with Gasteiger partial charge in [-0.15, -0.1) is 0 Å². The summed E-state index contributed by atoms with van der Waals surface area (Å²) in [7, 11) is -4.25. The molecule has 3 aromatic rings. The van der Waals surface area contributed by atoms with Gasteiger partial charge in [0.2, 0.25) is 0 Å². The first kappa shape index (κ1) is 10.3. The van der Waals surface area contributed by atoms with Crippen LogP contribution in [0, 0.1) is 0 Å². The molecule has 0 saturated heterocycles. The molecule has 0 amide bonds. The zero-order valence-electron chi connectivity index (χ0n) is 8.62. The van der Waals surface area contributed by atoms with Crippen molar-refractivity contribution >= 4 is 32.1 Å². The smallest absolute Gasteiger partial charge is 0.295 e. The van der Waals surface area contributed by atoms with Crippen molar-refractivity contribution in [2.24, 2.45) is 0 Å². The first-order valence-electron chi connectivity index (χ1n) is 4.95. The average Bonchev–Trinajstić information content (AvgIpc) is 2.65. The monoisotopic (exact) mass is 248 g/mol. The molecule has 0 fully saturated rings. The second-order valence-electron chi connectivity index (χ2n) is 3.70. The van der Waals surface area contributed by atoms with Crippen LogP contribution in [0.15, 0.2) is 51.8 Å². The SMILES string of the molecule is O=S(=O)(O)c1cccc2oc3ccccc3c12. The third-order valence-corrected chi connectivity index (χ3v) is 3.54. The normalized spacial score (nSPS) is 12.3. The number of rotatable bonds is 1. The molecule has 0 saturated carbocycles. The van der Waals surface area contributed by atoms with Crippen LogP contribution in [-0.2, 0) is 10.1 Å². The Morgan fingerprint density at radius 3 is 2.41 bits per heavy atom. The lowest BCUT2D eigenvalue weighted by molar-refractivity contribution is 0.484. The van der Waals surface area contributed by atoms with Crippen molar-refractivity contribution in [2.75, 3.05) is 0 Å². The van der Waals surface area contributed by atoms with Crippen molar-refractivity contribution in [1.82, 2.24) is 0 Å². The predicted molar refractivity (Wildman–Crippen MR) is 63.5 cm³/mol. The van der Waals surface area contributed by atoms with Gasteiger partial charge in [-0.25, -0.2) is 0 Å². The fourth-order valence-corrected chi connectivity index (χ4v) is 2.68. The second-order valence-corrected chi connectivity index (χ2v) is 5.09. The molecule has 0 bridgehead atoms. The van der Waals surface area contributed by atoms with Crippen molar-refractivity contribution in [1.29, 1.82) is 0 Å². The van der Waals surface area contributed by atoms with E-state index < -0.39 is 10.1 Å². The number of fused-ring (bicyclic) bond motifs is 3. The molecule has 3 rings (SSSR count). The molecule has 0 radical (unpaired) electrons. The van der Waals surface area contributed by atoms with E-state index in [1.807, 2.05) is 0 Å². The molecule has 0 spiro atoms. The van der Waals surface area contributed by atoms with Crippen LogP contribution in [0.5, 0.6) is 0 Å². The van der Waals surface area contributed by atoms with Crippen LogP contribution < -0.4 is 0 Å². The van der Waals surface area contributed by atoms with Gasteiger partial charge in [-0.1, -0.05) is 24.3 Å². The second kappa shape index (κ2) is 3.32. The molecule has 5 heteroatoms. The molecule has 4 nitrogen and oxygen atoms in total. The fraction of sp³-hybridized carbons (Fsp3) is 0. The molecule has 1 N–H and O–H groups in total. The van der Waals surface area contributed by atoms with Gasteiger partial charge in [0.1, 0.15) is 16.1 Å². The van der Waals surface area contributed by atoms with E-state index in [2.05, 4.69) is 0 Å². The number of hydrogen-bond donors (Lipinski definition) is 1. The van der Waals surface area contributed by atoms with E-state index in [1.54, 1.807) is 30.3 Å². The third-order valence-electron chi connectivity index (χ3n) is 2.64. The average molecular weight is 248 g/mol. The Morgan fingerprint density at radius 1 is 0.941 bits per heavy atom. The molecule has 17 heavy (non-hydrogen) atoms. The highest BCUT2D eigenvalue weighted by atomic mass is 32.2. The largest absolute Gasteiger partial charge is 0.456 e. The minimum absolute atomic E-state index is 0.125. The molecule has 0 aliphatic rings. The molecule has 2 aromatic carbocycles. The van der Waals surface area contributed by atoms with Gasteiger partial charge in [-0.3, -0.25) is 4.55 Å². The van der Waals surface area contributed by atoms with E-state index in [-0.39, 0.29) is 4.90 Å². The van der Waals surface area contributed by atoms with E-state index >= 15 is 0 Å². The lowest BCUT2D eigenvalue weighted by Gasteiger charge is -1.98. The molecular weight excluding hydrogens is 240 g/mol. The number of para-hydroxylation sites is 1. The molecular formula is C12H8O4S. The summed E-state index contributed by atoms with van der Waals surface area (Å²) in [5.74, 6) is 0. The van der Waals surface area contributed by atoms with Crippen LogP contribution in [-0.4, -0.2) is 13.0 Å². The lowest BCUT2D eigenvalue weighted by Crippen LogP contribution is -1.97. The molecule has 1 aromatic heterocycles. The standard InChI is InChI=1S/C12H8O4S/c13-17(14,15)11-7-3-6-10-12(11)8-4-1-2-5-9(8)16-10/h1-7H,(H,13,14,15). The van der Waals surface area contributed by atoms with E-state index in [0.717, 1.165) is 0 Å². The molecule has 0 aliphatic heterocycles. The summed E-state index contributed by atoms with van der Waals surface area (Å²) >= 11 is 0. The van der Waals surface area contributed by atoms with Gasteiger partial charge in [0.05, 0.1) is 0 Å². The number of furan rings is 1. The first-order chi connectivity index (χ1) is 8.07. The van der Waals surface area contributed by atoms with Crippen molar-refractivity contribution in [3.05, 3.63) is 42.5 Å². The molecule has 0 unspecified atom stereocenters. The summed E-state index contributed by atoms with van der Waals surface area (Å²) < 4.78 is 37.3.